The zero-order valence-corrected chi connectivity index (χ0v) is 15.6. The Balaban J connectivity index is 1.81. The van der Waals surface area contributed by atoms with Gasteiger partial charge in [0.1, 0.15) is 0 Å². The Bertz CT molecular complexity index is 711. The molecule has 0 bridgehead atoms. The fourth-order valence-corrected chi connectivity index (χ4v) is 2.31. The smallest absolute Gasteiger partial charge is 0.241 e. The first-order valence-electron chi connectivity index (χ1n) is 8.73. The SMILES string of the molecule is CCNC(=NCc1ccnn1C)NCC(=O)N(C)CCc1ccccn1. The van der Waals surface area contributed by atoms with Crippen LogP contribution < -0.4 is 10.6 Å². The molecule has 0 aliphatic rings. The monoisotopic (exact) mass is 357 g/mol. The van der Waals surface area contributed by atoms with Crippen molar-refractivity contribution in [1.82, 2.24) is 30.3 Å². The third-order valence-electron chi connectivity index (χ3n) is 3.93. The molecule has 0 aliphatic heterocycles. The molecular formula is C18H27N7O. The minimum absolute atomic E-state index is 0.00654. The second-order valence-corrected chi connectivity index (χ2v) is 5.88. The lowest BCUT2D eigenvalue weighted by Crippen LogP contribution is -2.44. The van der Waals surface area contributed by atoms with E-state index in [4.69, 9.17) is 0 Å². The molecule has 2 aromatic rings. The molecule has 0 saturated heterocycles. The predicted molar refractivity (Wildman–Crippen MR) is 102 cm³/mol. The summed E-state index contributed by atoms with van der Waals surface area (Å²) in [5.41, 5.74) is 1.98. The van der Waals surface area contributed by atoms with Gasteiger partial charge >= 0.3 is 0 Å². The maximum atomic E-state index is 12.3. The number of hydrogen-bond donors (Lipinski definition) is 2. The summed E-state index contributed by atoms with van der Waals surface area (Å²) in [7, 11) is 3.68. The normalized spacial score (nSPS) is 11.3. The van der Waals surface area contributed by atoms with Gasteiger partial charge < -0.3 is 15.5 Å². The van der Waals surface area contributed by atoms with E-state index in [9.17, 15) is 4.79 Å². The van der Waals surface area contributed by atoms with Crippen LogP contribution in [-0.2, 0) is 24.8 Å². The number of guanidine groups is 1. The van der Waals surface area contributed by atoms with Crippen LogP contribution in [0.3, 0.4) is 0 Å². The highest BCUT2D eigenvalue weighted by molar-refractivity contribution is 5.86. The van der Waals surface area contributed by atoms with Gasteiger partial charge in [0.05, 0.1) is 18.8 Å². The maximum absolute atomic E-state index is 12.3. The minimum Gasteiger partial charge on any atom is -0.357 e. The van der Waals surface area contributed by atoms with Crippen molar-refractivity contribution in [3.05, 3.63) is 48.0 Å². The van der Waals surface area contributed by atoms with Crippen LogP contribution in [0, 0.1) is 0 Å². The van der Waals surface area contributed by atoms with E-state index >= 15 is 0 Å². The fraction of sp³-hybridized carbons (Fsp3) is 0.444. The third-order valence-corrected chi connectivity index (χ3v) is 3.93. The molecule has 2 aromatic heterocycles. The van der Waals surface area contributed by atoms with Crippen LogP contribution in [0.2, 0.25) is 0 Å². The Morgan fingerprint density at radius 2 is 2.12 bits per heavy atom. The quantitative estimate of drug-likeness (QED) is 0.533. The number of nitrogens with one attached hydrogen (secondary N) is 2. The van der Waals surface area contributed by atoms with Crippen LogP contribution in [0.5, 0.6) is 0 Å². The van der Waals surface area contributed by atoms with Gasteiger partial charge in [0.15, 0.2) is 5.96 Å². The second-order valence-electron chi connectivity index (χ2n) is 5.88. The van der Waals surface area contributed by atoms with Crippen molar-refractivity contribution in [2.24, 2.45) is 12.0 Å². The van der Waals surface area contributed by atoms with E-state index in [-0.39, 0.29) is 12.5 Å². The zero-order chi connectivity index (χ0) is 18.8. The number of aromatic nitrogens is 3. The lowest BCUT2D eigenvalue weighted by atomic mass is 10.2. The van der Waals surface area contributed by atoms with E-state index in [0.29, 0.717) is 19.0 Å². The lowest BCUT2D eigenvalue weighted by molar-refractivity contribution is -0.128. The third kappa shape index (κ3) is 6.19. The van der Waals surface area contributed by atoms with E-state index in [0.717, 1.165) is 24.4 Å². The molecule has 8 heteroatoms. The lowest BCUT2D eigenvalue weighted by Gasteiger charge is -2.18. The average molecular weight is 357 g/mol. The molecule has 2 heterocycles. The van der Waals surface area contributed by atoms with Gasteiger partial charge in [0.2, 0.25) is 5.91 Å². The molecule has 0 spiro atoms. The van der Waals surface area contributed by atoms with Crippen LogP contribution in [0.1, 0.15) is 18.3 Å². The number of nitrogens with zero attached hydrogens (tertiary/aromatic N) is 5. The molecule has 0 atom stereocenters. The van der Waals surface area contributed by atoms with Crippen molar-refractivity contribution in [3.63, 3.8) is 0 Å². The largest absolute Gasteiger partial charge is 0.357 e. The minimum atomic E-state index is 0.00654. The van der Waals surface area contributed by atoms with Crippen molar-refractivity contribution < 1.29 is 4.79 Å². The van der Waals surface area contributed by atoms with E-state index in [2.05, 4.69) is 25.7 Å². The van der Waals surface area contributed by atoms with E-state index in [1.165, 1.54) is 0 Å². The Kier molecular flexibility index (Phi) is 7.60. The Hall–Kier alpha value is -2.90. The van der Waals surface area contributed by atoms with Crippen LogP contribution in [0.25, 0.3) is 0 Å². The first-order valence-corrected chi connectivity index (χ1v) is 8.73. The first kappa shape index (κ1) is 19.4. The summed E-state index contributed by atoms with van der Waals surface area (Å²) in [5.74, 6) is 0.618. The van der Waals surface area contributed by atoms with Gasteiger partial charge in [-0.3, -0.25) is 14.5 Å². The molecular weight excluding hydrogens is 330 g/mol. The van der Waals surface area contributed by atoms with Gasteiger partial charge in [-0.1, -0.05) is 6.07 Å². The first-order chi connectivity index (χ1) is 12.6. The molecule has 0 aromatic carbocycles. The molecule has 0 saturated carbocycles. The molecule has 0 radical (unpaired) electrons. The van der Waals surface area contributed by atoms with E-state index in [1.807, 2.05) is 38.2 Å². The predicted octanol–water partition coefficient (Wildman–Crippen LogP) is 0.571. The van der Waals surface area contributed by atoms with Crippen molar-refractivity contribution in [2.75, 3.05) is 26.7 Å². The Morgan fingerprint density at radius 3 is 2.77 bits per heavy atom. The summed E-state index contributed by atoms with van der Waals surface area (Å²) in [5, 5.41) is 10.4. The van der Waals surface area contributed by atoms with Crippen molar-refractivity contribution in [1.29, 1.82) is 0 Å². The summed E-state index contributed by atoms with van der Waals surface area (Å²) in [6, 6.07) is 7.72. The molecule has 1 amide bonds. The van der Waals surface area contributed by atoms with Crippen LogP contribution in [-0.4, -0.2) is 58.2 Å². The highest BCUT2D eigenvalue weighted by atomic mass is 16.2. The van der Waals surface area contributed by atoms with Crippen molar-refractivity contribution >= 4 is 11.9 Å². The Morgan fingerprint density at radius 1 is 1.27 bits per heavy atom. The van der Waals surface area contributed by atoms with Gasteiger partial charge in [0, 0.05) is 51.7 Å². The number of aryl methyl sites for hydroxylation is 1. The van der Waals surface area contributed by atoms with Crippen LogP contribution >= 0.6 is 0 Å². The summed E-state index contributed by atoms with van der Waals surface area (Å²) in [4.78, 5) is 22.8. The number of carbonyl (C=O) groups is 1. The standard InChI is InChI=1S/C18H27N7O/c1-4-19-18(21-13-16-8-11-23-25(16)3)22-14-17(26)24(2)12-9-15-7-5-6-10-20-15/h5-8,10-11H,4,9,12-14H2,1-3H3,(H2,19,21,22). The van der Waals surface area contributed by atoms with E-state index < -0.39 is 0 Å². The summed E-state index contributed by atoms with van der Waals surface area (Å²) >= 11 is 0. The molecule has 0 fully saturated rings. The number of aliphatic imine (C=N–C) groups is 1. The zero-order valence-electron chi connectivity index (χ0n) is 15.6. The van der Waals surface area contributed by atoms with Gasteiger partial charge in [0.25, 0.3) is 0 Å². The highest BCUT2D eigenvalue weighted by Gasteiger charge is 2.10. The molecule has 26 heavy (non-hydrogen) atoms. The molecule has 2 rings (SSSR count). The fourth-order valence-electron chi connectivity index (χ4n) is 2.31. The Labute approximate surface area is 154 Å². The molecule has 0 aliphatic carbocycles. The van der Waals surface area contributed by atoms with Crippen molar-refractivity contribution in [2.45, 2.75) is 19.9 Å². The highest BCUT2D eigenvalue weighted by Crippen LogP contribution is 1.98. The maximum Gasteiger partial charge on any atom is 0.241 e. The van der Waals surface area contributed by atoms with Crippen LogP contribution in [0.4, 0.5) is 0 Å². The summed E-state index contributed by atoms with van der Waals surface area (Å²) < 4.78 is 1.78. The number of likely N-dealkylation sites (N-methyl/N-ethyl adjacent to an activating group) is 1. The second kappa shape index (κ2) is 10.2. The molecule has 0 unspecified atom stereocenters. The van der Waals surface area contributed by atoms with Gasteiger partial charge in [-0.05, 0) is 25.1 Å². The van der Waals surface area contributed by atoms with Gasteiger partial charge in [-0.25, -0.2) is 4.99 Å². The van der Waals surface area contributed by atoms with Crippen LogP contribution in [0.15, 0.2) is 41.7 Å². The van der Waals surface area contributed by atoms with Gasteiger partial charge in [-0.15, -0.1) is 0 Å². The topological polar surface area (TPSA) is 87.4 Å². The van der Waals surface area contributed by atoms with E-state index in [1.54, 1.807) is 29.0 Å². The van der Waals surface area contributed by atoms with Crippen molar-refractivity contribution in [3.8, 4) is 0 Å². The number of carbonyl (C=O) groups excluding carboxylic acids is 1. The average Bonchev–Trinajstić information content (AvgIpc) is 3.07. The number of rotatable bonds is 8. The summed E-state index contributed by atoms with van der Waals surface area (Å²) in [6.07, 6.45) is 4.24. The molecule has 8 nitrogen and oxygen atoms in total. The number of hydrogen-bond acceptors (Lipinski definition) is 4. The van der Waals surface area contributed by atoms with Gasteiger partial charge in [-0.2, -0.15) is 5.10 Å². The summed E-state index contributed by atoms with van der Waals surface area (Å²) in [6.45, 7) is 4.02. The molecule has 2 N–H and O–H groups in total. The molecule has 140 valence electrons. The number of pyridine rings is 1. The number of amides is 1.